The van der Waals surface area contributed by atoms with Crippen LogP contribution in [0.25, 0.3) is 11.1 Å². The highest BCUT2D eigenvalue weighted by Gasteiger charge is 2.10. The standard InChI is InChI=1S/C18H23NO3/c1-19(2)11-13-5-6-18(15(7-13)12-20)14-8-16(21-3)10-17(9-14)22-4/h5-10,20H,11-12H2,1-4H3. The Morgan fingerprint density at radius 1 is 0.955 bits per heavy atom. The van der Waals surface area contributed by atoms with Crippen LogP contribution in [-0.4, -0.2) is 38.3 Å². The average molecular weight is 301 g/mol. The van der Waals surface area contributed by atoms with Gasteiger partial charge in [0.2, 0.25) is 0 Å². The second-order valence-electron chi connectivity index (χ2n) is 5.49. The van der Waals surface area contributed by atoms with Gasteiger partial charge in [-0.15, -0.1) is 0 Å². The summed E-state index contributed by atoms with van der Waals surface area (Å²) in [5, 5.41) is 9.72. The molecule has 0 saturated heterocycles. The topological polar surface area (TPSA) is 41.9 Å². The molecule has 0 heterocycles. The van der Waals surface area contributed by atoms with Crippen molar-refractivity contribution in [2.45, 2.75) is 13.2 Å². The summed E-state index contributed by atoms with van der Waals surface area (Å²) in [6.07, 6.45) is 0. The molecule has 1 N–H and O–H groups in total. The first-order chi connectivity index (χ1) is 10.6. The van der Waals surface area contributed by atoms with E-state index in [1.54, 1.807) is 14.2 Å². The Morgan fingerprint density at radius 2 is 1.59 bits per heavy atom. The van der Waals surface area contributed by atoms with Gasteiger partial charge in [-0.3, -0.25) is 0 Å². The summed E-state index contributed by atoms with van der Waals surface area (Å²) < 4.78 is 10.6. The Hall–Kier alpha value is -2.04. The Balaban J connectivity index is 2.47. The Bertz CT molecular complexity index is 616. The van der Waals surface area contributed by atoms with Gasteiger partial charge in [0.25, 0.3) is 0 Å². The molecule has 2 aromatic rings. The predicted molar refractivity (Wildman–Crippen MR) is 88.3 cm³/mol. The molecule has 4 nitrogen and oxygen atoms in total. The summed E-state index contributed by atoms with van der Waals surface area (Å²) >= 11 is 0. The number of benzene rings is 2. The number of methoxy groups -OCH3 is 2. The van der Waals surface area contributed by atoms with Crippen LogP contribution < -0.4 is 9.47 Å². The third-order valence-corrected chi connectivity index (χ3v) is 3.50. The lowest BCUT2D eigenvalue weighted by Gasteiger charge is -2.15. The van der Waals surface area contributed by atoms with Crippen molar-refractivity contribution >= 4 is 0 Å². The largest absolute Gasteiger partial charge is 0.497 e. The minimum atomic E-state index is -0.00384. The van der Waals surface area contributed by atoms with E-state index in [9.17, 15) is 5.11 Å². The lowest BCUT2D eigenvalue weighted by molar-refractivity contribution is 0.282. The molecular weight excluding hydrogens is 278 g/mol. The molecule has 4 heteroatoms. The van der Waals surface area contributed by atoms with Crippen molar-refractivity contribution in [3.63, 3.8) is 0 Å². The monoisotopic (exact) mass is 301 g/mol. The Morgan fingerprint density at radius 3 is 2.09 bits per heavy atom. The molecule has 0 aliphatic rings. The van der Waals surface area contributed by atoms with E-state index in [-0.39, 0.29) is 6.61 Å². The molecule has 0 aliphatic heterocycles. The molecule has 0 atom stereocenters. The predicted octanol–water partition coefficient (Wildman–Crippen LogP) is 2.92. The van der Waals surface area contributed by atoms with E-state index < -0.39 is 0 Å². The van der Waals surface area contributed by atoms with Gasteiger partial charge in [-0.1, -0.05) is 18.2 Å². The van der Waals surface area contributed by atoms with Crippen molar-refractivity contribution in [2.75, 3.05) is 28.3 Å². The number of aliphatic hydroxyl groups excluding tert-OH is 1. The molecule has 2 aromatic carbocycles. The van der Waals surface area contributed by atoms with E-state index in [0.29, 0.717) is 0 Å². The summed E-state index contributed by atoms with van der Waals surface area (Å²) in [7, 11) is 7.32. The second-order valence-corrected chi connectivity index (χ2v) is 5.49. The summed E-state index contributed by atoms with van der Waals surface area (Å²) in [4.78, 5) is 2.10. The summed E-state index contributed by atoms with van der Waals surface area (Å²) in [5.74, 6) is 1.46. The Labute approximate surface area is 131 Å². The molecule has 2 rings (SSSR count). The first-order valence-corrected chi connectivity index (χ1v) is 7.18. The van der Waals surface area contributed by atoms with E-state index in [0.717, 1.165) is 34.7 Å². The Kier molecular flexibility index (Phi) is 5.41. The third kappa shape index (κ3) is 3.78. The summed E-state index contributed by atoms with van der Waals surface area (Å²) in [6.45, 7) is 0.838. The SMILES string of the molecule is COc1cc(OC)cc(-c2ccc(CN(C)C)cc2CO)c1. The zero-order valence-corrected chi connectivity index (χ0v) is 13.6. The van der Waals surface area contributed by atoms with Gasteiger partial charge in [0.1, 0.15) is 11.5 Å². The van der Waals surface area contributed by atoms with E-state index in [2.05, 4.69) is 11.0 Å². The molecule has 0 fully saturated rings. The smallest absolute Gasteiger partial charge is 0.123 e. The van der Waals surface area contributed by atoms with Crippen molar-refractivity contribution in [2.24, 2.45) is 0 Å². The molecule has 0 aliphatic carbocycles. The van der Waals surface area contributed by atoms with Crippen molar-refractivity contribution in [1.82, 2.24) is 4.90 Å². The number of hydrogen-bond donors (Lipinski definition) is 1. The van der Waals surface area contributed by atoms with Gasteiger partial charge in [0.15, 0.2) is 0 Å². The van der Waals surface area contributed by atoms with Crippen LogP contribution in [0.4, 0.5) is 0 Å². The minimum Gasteiger partial charge on any atom is -0.497 e. The van der Waals surface area contributed by atoms with Gasteiger partial charge in [-0.25, -0.2) is 0 Å². The number of aliphatic hydroxyl groups is 1. The van der Waals surface area contributed by atoms with Crippen LogP contribution in [0.1, 0.15) is 11.1 Å². The second kappa shape index (κ2) is 7.29. The molecule has 0 spiro atoms. The van der Waals surface area contributed by atoms with Crippen molar-refractivity contribution in [3.05, 3.63) is 47.5 Å². The number of ether oxygens (including phenoxy) is 2. The van der Waals surface area contributed by atoms with Gasteiger partial charge in [-0.2, -0.15) is 0 Å². The maximum Gasteiger partial charge on any atom is 0.123 e. The van der Waals surface area contributed by atoms with Gasteiger partial charge in [-0.05, 0) is 48.5 Å². The van der Waals surface area contributed by atoms with Crippen LogP contribution in [0.3, 0.4) is 0 Å². The quantitative estimate of drug-likeness (QED) is 0.891. The van der Waals surface area contributed by atoms with Crippen LogP contribution in [0.15, 0.2) is 36.4 Å². The van der Waals surface area contributed by atoms with Crippen molar-refractivity contribution < 1.29 is 14.6 Å². The molecule has 0 saturated carbocycles. The van der Waals surface area contributed by atoms with Crippen LogP contribution in [0, 0.1) is 0 Å². The van der Waals surface area contributed by atoms with E-state index >= 15 is 0 Å². The summed E-state index contributed by atoms with van der Waals surface area (Å²) in [5.41, 5.74) is 4.03. The molecule has 0 amide bonds. The molecule has 0 radical (unpaired) electrons. The van der Waals surface area contributed by atoms with Gasteiger partial charge in [0.05, 0.1) is 20.8 Å². The number of rotatable bonds is 6. The molecule has 0 bridgehead atoms. The number of nitrogens with zero attached hydrogens (tertiary/aromatic N) is 1. The van der Waals surface area contributed by atoms with E-state index in [1.807, 2.05) is 44.4 Å². The first-order valence-electron chi connectivity index (χ1n) is 7.18. The molecule has 118 valence electrons. The highest BCUT2D eigenvalue weighted by molar-refractivity contribution is 5.71. The average Bonchev–Trinajstić information content (AvgIpc) is 2.53. The fraction of sp³-hybridized carbons (Fsp3) is 0.333. The highest BCUT2D eigenvalue weighted by atomic mass is 16.5. The molecule has 0 unspecified atom stereocenters. The fourth-order valence-corrected chi connectivity index (χ4v) is 2.49. The van der Waals surface area contributed by atoms with E-state index in [1.165, 1.54) is 5.56 Å². The van der Waals surface area contributed by atoms with Crippen LogP contribution >= 0.6 is 0 Å². The zero-order chi connectivity index (χ0) is 16.1. The summed E-state index contributed by atoms with van der Waals surface area (Å²) in [6, 6.07) is 11.9. The minimum absolute atomic E-state index is 0.00384. The van der Waals surface area contributed by atoms with Gasteiger partial charge < -0.3 is 19.5 Å². The highest BCUT2D eigenvalue weighted by Crippen LogP contribution is 2.32. The maximum absolute atomic E-state index is 9.72. The maximum atomic E-state index is 9.72. The van der Waals surface area contributed by atoms with E-state index in [4.69, 9.17) is 9.47 Å². The first kappa shape index (κ1) is 16.3. The molecule has 0 aromatic heterocycles. The lowest BCUT2D eigenvalue weighted by atomic mass is 9.97. The normalized spacial score (nSPS) is 10.8. The van der Waals surface area contributed by atoms with Gasteiger partial charge in [0, 0.05) is 12.6 Å². The van der Waals surface area contributed by atoms with Crippen LogP contribution in [0.2, 0.25) is 0 Å². The lowest BCUT2D eigenvalue weighted by Crippen LogP contribution is -2.11. The molecular formula is C18H23NO3. The van der Waals surface area contributed by atoms with Gasteiger partial charge >= 0.3 is 0 Å². The fourth-order valence-electron chi connectivity index (χ4n) is 2.49. The van der Waals surface area contributed by atoms with Crippen LogP contribution in [0.5, 0.6) is 11.5 Å². The third-order valence-electron chi connectivity index (χ3n) is 3.50. The van der Waals surface area contributed by atoms with Crippen molar-refractivity contribution in [1.29, 1.82) is 0 Å². The molecule has 22 heavy (non-hydrogen) atoms. The van der Waals surface area contributed by atoms with Crippen molar-refractivity contribution in [3.8, 4) is 22.6 Å². The number of hydrogen-bond acceptors (Lipinski definition) is 4. The zero-order valence-electron chi connectivity index (χ0n) is 13.6. The van der Waals surface area contributed by atoms with Crippen LogP contribution in [-0.2, 0) is 13.2 Å².